The molecule has 1 saturated heterocycles. The van der Waals surface area contributed by atoms with Crippen LogP contribution in [0.3, 0.4) is 0 Å². The van der Waals surface area contributed by atoms with Gasteiger partial charge in [-0.25, -0.2) is 9.78 Å². The number of carbonyl (C=O) groups excluding carboxylic acids is 3. The smallest absolute Gasteiger partial charge is 0.350 e. The molecular weight excluding hydrogens is 492 g/mol. The molecule has 3 aromatic rings. The summed E-state index contributed by atoms with van der Waals surface area (Å²) < 4.78 is 10.4. The lowest BCUT2D eigenvalue weighted by molar-refractivity contribution is -0.132. The number of esters is 1. The van der Waals surface area contributed by atoms with Crippen molar-refractivity contribution in [3.8, 4) is 5.75 Å². The number of Topliss-reactive ketones (excluding diaryl/α,β-unsaturated/α-hetero) is 1. The quantitative estimate of drug-likeness (QED) is 0.199. The van der Waals surface area contributed by atoms with Crippen LogP contribution in [0.15, 0.2) is 48.0 Å². The number of hydrogen-bond acceptors (Lipinski definition) is 8. The summed E-state index contributed by atoms with van der Waals surface area (Å²) in [6.45, 7) is 7.36. The number of aryl methyl sites for hydroxylation is 3. The fourth-order valence-electron chi connectivity index (χ4n) is 4.33. The van der Waals surface area contributed by atoms with Gasteiger partial charge in [0, 0.05) is 5.56 Å². The van der Waals surface area contributed by atoms with Crippen LogP contribution in [0.1, 0.15) is 57.5 Å². The van der Waals surface area contributed by atoms with Gasteiger partial charge in [-0.2, -0.15) is 0 Å². The molecule has 37 heavy (non-hydrogen) atoms. The molecule has 1 aromatic heterocycles. The monoisotopic (exact) mass is 520 g/mol. The highest BCUT2D eigenvalue weighted by Crippen LogP contribution is 2.44. The molecule has 1 unspecified atom stereocenters. The Morgan fingerprint density at radius 2 is 1.81 bits per heavy atom. The SMILES string of the molecule is CCOC(=O)c1sc(N2C(=O)C(=O)C(=C(O)c3ccc(OC)cc3C)C2c2ccc(CC)cc2)nc1C. The highest BCUT2D eigenvalue weighted by Gasteiger charge is 2.48. The summed E-state index contributed by atoms with van der Waals surface area (Å²) in [4.78, 5) is 45.2. The molecule has 1 amide bonds. The molecule has 2 aromatic carbocycles. The van der Waals surface area contributed by atoms with Gasteiger partial charge in [-0.05, 0) is 62.1 Å². The maximum atomic E-state index is 13.4. The summed E-state index contributed by atoms with van der Waals surface area (Å²) >= 11 is 0.981. The third-order valence-corrected chi connectivity index (χ3v) is 7.43. The minimum absolute atomic E-state index is 0.0481. The summed E-state index contributed by atoms with van der Waals surface area (Å²) in [6, 6.07) is 11.7. The van der Waals surface area contributed by atoms with Crippen molar-refractivity contribution in [1.29, 1.82) is 0 Å². The van der Waals surface area contributed by atoms with Gasteiger partial charge in [0.1, 0.15) is 16.4 Å². The molecule has 4 rings (SSSR count). The number of ketones is 1. The molecule has 9 heteroatoms. The summed E-state index contributed by atoms with van der Waals surface area (Å²) in [7, 11) is 1.54. The molecular formula is C28H28N2O6S. The Morgan fingerprint density at radius 1 is 1.11 bits per heavy atom. The average Bonchev–Trinajstić information content (AvgIpc) is 3.40. The third kappa shape index (κ3) is 4.74. The zero-order valence-electron chi connectivity index (χ0n) is 21.3. The van der Waals surface area contributed by atoms with E-state index in [-0.39, 0.29) is 27.9 Å². The van der Waals surface area contributed by atoms with Crippen molar-refractivity contribution in [3.63, 3.8) is 0 Å². The van der Waals surface area contributed by atoms with Crippen LogP contribution in [-0.2, 0) is 20.7 Å². The number of thiazole rings is 1. The summed E-state index contributed by atoms with van der Waals surface area (Å²) in [5.41, 5.74) is 3.16. The Labute approximate surface area is 219 Å². The minimum Gasteiger partial charge on any atom is -0.507 e. The molecule has 0 spiro atoms. The number of ether oxygens (including phenoxy) is 2. The number of amides is 1. The molecule has 1 fully saturated rings. The first-order valence-electron chi connectivity index (χ1n) is 11.9. The first-order valence-corrected chi connectivity index (χ1v) is 12.7. The number of methoxy groups -OCH3 is 1. The predicted molar refractivity (Wildman–Crippen MR) is 141 cm³/mol. The molecule has 0 radical (unpaired) electrons. The van der Waals surface area contributed by atoms with Gasteiger partial charge in [0.15, 0.2) is 5.13 Å². The van der Waals surface area contributed by atoms with Gasteiger partial charge in [0.05, 0.1) is 31.0 Å². The number of aromatic nitrogens is 1. The van der Waals surface area contributed by atoms with Gasteiger partial charge in [-0.1, -0.05) is 42.5 Å². The largest absolute Gasteiger partial charge is 0.507 e. The molecule has 0 aliphatic carbocycles. The molecule has 1 atom stereocenters. The average molecular weight is 521 g/mol. The molecule has 0 bridgehead atoms. The molecule has 2 heterocycles. The van der Waals surface area contributed by atoms with E-state index in [1.807, 2.05) is 31.2 Å². The first kappa shape index (κ1) is 26.1. The van der Waals surface area contributed by atoms with E-state index in [0.717, 1.165) is 23.3 Å². The Bertz CT molecular complexity index is 1410. The number of aliphatic hydroxyl groups is 1. The van der Waals surface area contributed by atoms with Crippen LogP contribution in [0.4, 0.5) is 5.13 Å². The number of nitrogens with zero attached hydrogens (tertiary/aromatic N) is 2. The van der Waals surface area contributed by atoms with Crippen LogP contribution in [0.25, 0.3) is 5.76 Å². The zero-order chi connectivity index (χ0) is 26.9. The van der Waals surface area contributed by atoms with Gasteiger partial charge in [-0.15, -0.1) is 0 Å². The normalized spacial score (nSPS) is 16.8. The van der Waals surface area contributed by atoms with E-state index in [0.29, 0.717) is 28.1 Å². The Kier molecular flexibility index (Phi) is 7.45. The molecule has 192 valence electrons. The molecule has 1 aliphatic heterocycles. The van der Waals surface area contributed by atoms with E-state index >= 15 is 0 Å². The molecule has 1 aliphatic rings. The minimum atomic E-state index is -0.937. The second kappa shape index (κ2) is 10.6. The van der Waals surface area contributed by atoms with Crippen LogP contribution in [0, 0.1) is 13.8 Å². The van der Waals surface area contributed by atoms with Gasteiger partial charge in [0.2, 0.25) is 0 Å². The second-order valence-electron chi connectivity index (χ2n) is 8.58. The number of aliphatic hydroxyl groups excluding tert-OH is 1. The van der Waals surface area contributed by atoms with E-state index in [4.69, 9.17) is 9.47 Å². The third-order valence-electron chi connectivity index (χ3n) is 6.29. The lowest BCUT2D eigenvalue weighted by Crippen LogP contribution is -2.29. The van der Waals surface area contributed by atoms with Crippen molar-refractivity contribution in [3.05, 3.63) is 80.9 Å². The summed E-state index contributed by atoms with van der Waals surface area (Å²) in [6.07, 6.45) is 0.820. The molecule has 0 saturated carbocycles. The van der Waals surface area contributed by atoms with Crippen molar-refractivity contribution >= 4 is 39.9 Å². The van der Waals surface area contributed by atoms with E-state index in [1.165, 1.54) is 4.90 Å². The lowest BCUT2D eigenvalue weighted by atomic mass is 9.93. The topological polar surface area (TPSA) is 106 Å². The Hall–Kier alpha value is -3.98. The van der Waals surface area contributed by atoms with E-state index in [2.05, 4.69) is 4.98 Å². The van der Waals surface area contributed by atoms with Crippen molar-refractivity contribution in [2.45, 2.75) is 40.2 Å². The van der Waals surface area contributed by atoms with Gasteiger partial charge < -0.3 is 14.6 Å². The zero-order valence-corrected chi connectivity index (χ0v) is 22.1. The fraction of sp³-hybridized carbons (Fsp3) is 0.286. The molecule has 8 nitrogen and oxygen atoms in total. The maximum Gasteiger partial charge on any atom is 0.350 e. The van der Waals surface area contributed by atoms with Crippen molar-refractivity contribution in [2.24, 2.45) is 0 Å². The number of rotatable bonds is 7. The summed E-state index contributed by atoms with van der Waals surface area (Å²) in [5.74, 6) is -1.89. The highest BCUT2D eigenvalue weighted by molar-refractivity contribution is 7.17. The number of benzene rings is 2. The summed E-state index contributed by atoms with van der Waals surface area (Å²) in [5, 5.41) is 11.6. The van der Waals surface area contributed by atoms with Gasteiger partial charge >= 0.3 is 11.9 Å². The van der Waals surface area contributed by atoms with Crippen molar-refractivity contribution < 1.29 is 29.0 Å². The Balaban J connectivity index is 1.92. The van der Waals surface area contributed by atoms with Gasteiger partial charge in [-0.3, -0.25) is 14.5 Å². The molecule has 1 N–H and O–H groups in total. The van der Waals surface area contributed by atoms with Crippen molar-refractivity contribution in [1.82, 2.24) is 4.98 Å². The maximum absolute atomic E-state index is 13.4. The van der Waals surface area contributed by atoms with E-state index < -0.39 is 23.7 Å². The fourth-order valence-corrected chi connectivity index (χ4v) is 5.31. The van der Waals surface area contributed by atoms with Crippen LogP contribution < -0.4 is 9.64 Å². The second-order valence-corrected chi connectivity index (χ2v) is 9.55. The van der Waals surface area contributed by atoms with Gasteiger partial charge in [0.25, 0.3) is 5.78 Å². The van der Waals surface area contributed by atoms with Crippen LogP contribution in [-0.4, -0.2) is 41.5 Å². The first-order chi connectivity index (χ1) is 17.7. The lowest BCUT2D eigenvalue weighted by Gasteiger charge is -2.23. The highest BCUT2D eigenvalue weighted by atomic mass is 32.1. The van der Waals surface area contributed by atoms with Crippen molar-refractivity contribution in [2.75, 3.05) is 18.6 Å². The van der Waals surface area contributed by atoms with Crippen LogP contribution in [0.2, 0.25) is 0 Å². The predicted octanol–water partition coefficient (Wildman–Crippen LogP) is 5.13. The number of anilines is 1. The number of carbonyl (C=O) groups is 3. The van der Waals surface area contributed by atoms with Crippen LogP contribution >= 0.6 is 11.3 Å². The van der Waals surface area contributed by atoms with E-state index in [9.17, 15) is 19.5 Å². The van der Waals surface area contributed by atoms with E-state index in [1.54, 1.807) is 46.1 Å². The Morgan fingerprint density at radius 3 is 2.41 bits per heavy atom. The van der Waals surface area contributed by atoms with Crippen LogP contribution in [0.5, 0.6) is 5.75 Å². The number of hydrogen-bond donors (Lipinski definition) is 1. The standard InChI is InChI=1S/C28H28N2O6S/c1-6-17-8-10-18(11-9-17)22-21(23(31)20-13-12-19(35-5)14-15(20)3)24(32)26(33)30(22)28-29-16(4)25(37-28)27(34)36-7-2/h8-14,22,31H,6-7H2,1-5H3.